The molecule has 118 valence electrons. The van der Waals surface area contributed by atoms with E-state index in [4.69, 9.17) is 9.47 Å². The highest BCUT2D eigenvalue weighted by molar-refractivity contribution is 5.97. The van der Waals surface area contributed by atoms with Crippen molar-refractivity contribution in [2.45, 2.75) is 52.1 Å². The summed E-state index contributed by atoms with van der Waals surface area (Å²) in [5.74, 6) is 0.388. The quantitative estimate of drug-likeness (QED) is 0.747. The number of amides is 1. The second-order valence-corrected chi connectivity index (χ2v) is 5.33. The van der Waals surface area contributed by atoms with Crippen LogP contribution in [0.3, 0.4) is 0 Å². The zero-order valence-corrected chi connectivity index (χ0v) is 13.7. The smallest absolute Gasteiger partial charge is 0.256 e. The molecule has 1 heterocycles. The highest BCUT2D eigenvalue weighted by Crippen LogP contribution is 2.23. The molecule has 1 amide bonds. The Morgan fingerprint density at radius 2 is 2.05 bits per heavy atom. The van der Waals surface area contributed by atoms with Gasteiger partial charge in [0, 0.05) is 13.2 Å². The molecule has 0 aliphatic rings. The molecule has 0 aliphatic heterocycles. The Bertz CT molecular complexity index is 477. The van der Waals surface area contributed by atoms with Crippen LogP contribution in [0.15, 0.2) is 12.1 Å². The number of unbranched alkanes of at least 4 members (excludes halogenated alkanes) is 2. The van der Waals surface area contributed by atoms with Gasteiger partial charge in [0.1, 0.15) is 5.60 Å². The number of hydrogen-bond acceptors (Lipinski definition) is 4. The van der Waals surface area contributed by atoms with Crippen molar-refractivity contribution in [3.8, 4) is 5.88 Å². The summed E-state index contributed by atoms with van der Waals surface area (Å²) in [6.07, 6.45) is 3.87. The van der Waals surface area contributed by atoms with E-state index in [0.717, 1.165) is 25.0 Å². The second kappa shape index (κ2) is 7.98. The van der Waals surface area contributed by atoms with Gasteiger partial charge in [0.25, 0.3) is 5.91 Å². The van der Waals surface area contributed by atoms with Crippen LogP contribution in [0.25, 0.3) is 0 Å². The van der Waals surface area contributed by atoms with Crippen LogP contribution in [-0.2, 0) is 9.53 Å². The van der Waals surface area contributed by atoms with Gasteiger partial charge in [-0.15, -0.1) is 0 Å². The fraction of sp³-hybridized carbons (Fsp3) is 0.625. The molecule has 0 saturated heterocycles. The van der Waals surface area contributed by atoms with Crippen LogP contribution in [0.1, 0.15) is 45.2 Å². The maximum atomic E-state index is 12.5. The lowest BCUT2D eigenvalue weighted by Crippen LogP contribution is -2.42. The molecule has 0 spiro atoms. The Morgan fingerprint density at radius 3 is 2.57 bits per heavy atom. The van der Waals surface area contributed by atoms with Gasteiger partial charge in [0.05, 0.1) is 18.5 Å². The van der Waals surface area contributed by atoms with Crippen molar-refractivity contribution in [1.29, 1.82) is 0 Å². The molecule has 0 aliphatic carbocycles. The Balaban J connectivity index is 2.77. The van der Waals surface area contributed by atoms with Gasteiger partial charge in [0.2, 0.25) is 5.88 Å². The van der Waals surface area contributed by atoms with Crippen molar-refractivity contribution in [2.24, 2.45) is 0 Å². The molecule has 0 fully saturated rings. The first kappa shape index (κ1) is 17.4. The number of nitrogens with zero attached hydrogens (tertiary/aromatic N) is 1. The molecular weight excluding hydrogens is 268 g/mol. The lowest BCUT2D eigenvalue weighted by Gasteiger charge is -2.27. The zero-order valence-electron chi connectivity index (χ0n) is 13.7. The normalized spacial score (nSPS) is 13.6. The highest BCUT2D eigenvalue weighted by atomic mass is 16.5. The van der Waals surface area contributed by atoms with Crippen molar-refractivity contribution in [2.75, 3.05) is 19.5 Å². The molecule has 1 aromatic heterocycles. The first-order chi connectivity index (χ1) is 9.96. The molecule has 21 heavy (non-hydrogen) atoms. The highest BCUT2D eigenvalue weighted by Gasteiger charge is 2.32. The SMILES string of the molecule is CCCCC[C@@](C)(OC)C(=O)Nc1ccc(OC)nc1C. The van der Waals surface area contributed by atoms with E-state index in [1.807, 2.05) is 13.8 Å². The molecule has 1 N–H and O–H groups in total. The summed E-state index contributed by atoms with van der Waals surface area (Å²) >= 11 is 0. The minimum atomic E-state index is -0.818. The Hall–Kier alpha value is -1.62. The van der Waals surface area contributed by atoms with Gasteiger partial charge in [-0.2, -0.15) is 0 Å². The van der Waals surface area contributed by atoms with E-state index in [2.05, 4.69) is 17.2 Å². The summed E-state index contributed by atoms with van der Waals surface area (Å²) in [5, 5.41) is 2.90. The molecule has 1 aromatic rings. The molecular formula is C16H26N2O3. The first-order valence-corrected chi connectivity index (χ1v) is 7.35. The number of carbonyl (C=O) groups is 1. The average Bonchev–Trinajstić information content (AvgIpc) is 2.49. The minimum absolute atomic E-state index is 0.142. The summed E-state index contributed by atoms with van der Waals surface area (Å²) < 4.78 is 10.5. The topological polar surface area (TPSA) is 60.5 Å². The molecule has 1 atom stereocenters. The fourth-order valence-corrected chi connectivity index (χ4v) is 2.06. The fourth-order valence-electron chi connectivity index (χ4n) is 2.06. The Labute approximate surface area is 127 Å². The second-order valence-electron chi connectivity index (χ2n) is 5.33. The third-order valence-electron chi connectivity index (χ3n) is 3.71. The lowest BCUT2D eigenvalue weighted by atomic mass is 9.97. The first-order valence-electron chi connectivity index (χ1n) is 7.35. The lowest BCUT2D eigenvalue weighted by molar-refractivity contribution is -0.136. The van der Waals surface area contributed by atoms with Crippen LogP contribution in [0, 0.1) is 6.92 Å². The third kappa shape index (κ3) is 4.70. The minimum Gasteiger partial charge on any atom is -0.481 e. The van der Waals surface area contributed by atoms with Crippen molar-refractivity contribution in [3.63, 3.8) is 0 Å². The van der Waals surface area contributed by atoms with Gasteiger partial charge in [-0.1, -0.05) is 26.2 Å². The number of methoxy groups -OCH3 is 2. The molecule has 0 saturated carbocycles. The molecule has 0 unspecified atom stereocenters. The van der Waals surface area contributed by atoms with Crippen molar-refractivity contribution in [1.82, 2.24) is 4.98 Å². The number of ether oxygens (including phenoxy) is 2. The number of aromatic nitrogens is 1. The predicted octanol–water partition coefficient (Wildman–Crippen LogP) is 3.32. The number of carbonyl (C=O) groups excluding carboxylic acids is 1. The van der Waals surface area contributed by atoms with Crippen LogP contribution < -0.4 is 10.1 Å². The van der Waals surface area contributed by atoms with Gasteiger partial charge >= 0.3 is 0 Å². The Morgan fingerprint density at radius 1 is 1.33 bits per heavy atom. The monoisotopic (exact) mass is 294 g/mol. The molecule has 0 bridgehead atoms. The number of hydrogen-bond donors (Lipinski definition) is 1. The Kier molecular flexibility index (Phi) is 6.62. The van der Waals surface area contributed by atoms with Crippen molar-refractivity contribution < 1.29 is 14.3 Å². The van der Waals surface area contributed by atoms with E-state index in [-0.39, 0.29) is 5.91 Å². The summed E-state index contributed by atoms with van der Waals surface area (Å²) in [4.78, 5) is 16.7. The van der Waals surface area contributed by atoms with Crippen molar-refractivity contribution in [3.05, 3.63) is 17.8 Å². The standard InChI is InChI=1S/C16H26N2O3/c1-6-7-8-11-16(3,21-5)15(19)18-13-9-10-14(20-4)17-12(13)2/h9-10H,6-8,11H2,1-5H3,(H,18,19)/t16-/m1/s1. The number of nitrogens with one attached hydrogen (secondary N) is 1. The summed E-state index contributed by atoms with van der Waals surface area (Å²) in [6.45, 7) is 5.79. The van der Waals surface area contributed by atoms with Crippen molar-refractivity contribution >= 4 is 11.6 Å². The van der Waals surface area contributed by atoms with E-state index in [0.29, 0.717) is 18.0 Å². The maximum Gasteiger partial charge on any atom is 0.256 e. The van der Waals surface area contributed by atoms with Gasteiger partial charge in [-0.05, 0) is 26.3 Å². The summed E-state index contributed by atoms with van der Waals surface area (Å²) in [6, 6.07) is 3.52. The maximum absolute atomic E-state index is 12.5. The molecule has 0 radical (unpaired) electrons. The van der Waals surface area contributed by atoms with Gasteiger partial charge < -0.3 is 14.8 Å². The average molecular weight is 294 g/mol. The van der Waals surface area contributed by atoms with Crippen LogP contribution in [0.4, 0.5) is 5.69 Å². The molecule has 0 aromatic carbocycles. The molecule has 5 heteroatoms. The number of pyridine rings is 1. The van der Waals surface area contributed by atoms with Gasteiger partial charge in [-0.25, -0.2) is 4.98 Å². The largest absolute Gasteiger partial charge is 0.481 e. The van der Waals surface area contributed by atoms with Crippen LogP contribution >= 0.6 is 0 Å². The van der Waals surface area contributed by atoms with E-state index < -0.39 is 5.60 Å². The molecule has 5 nitrogen and oxygen atoms in total. The van der Waals surface area contributed by atoms with Crippen LogP contribution in [-0.4, -0.2) is 30.7 Å². The third-order valence-corrected chi connectivity index (χ3v) is 3.71. The summed E-state index contributed by atoms with van der Waals surface area (Å²) in [7, 11) is 3.14. The number of anilines is 1. The van der Waals surface area contributed by atoms with E-state index in [1.165, 1.54) is 0 Å². The van der Waals surface area contributed by atoms with Crippen LogP contribution in [0.5, 0.6) is 5.88 Å². The number of rotatable bonds is 8. The van der Waals surface area contributed by atoms with Crippen LogP contribution in [0.2, 0.25) is 0 Å². The van der Waals surface area contributed by atoms with E-state index >= 15 is 0 Å². The zero-order chi connectivity index (χ0) is 15.9. The summed E-state index contributed by atoms with van der Waals surface area (Å²) in [5.41, 5.74) is 0.580. The molecule has 1 rings (SSSR count). The van der Waals surface area contributed by atoms with E-state index in [9.17, 15) is 4.79 Å². The number of aryl methyl sites for hydroxylation is 1. The van der Waals surface area contributed by atoms with Gasteiger partial charge in [0.15, 0.2) is 0 Å². The van der Waals surface area contributed by atoms with Gasteiger partial charge in [-0.3, -0.25) is 4.79 Å². The van der Waals surface area contributed by atoms with E-state index in [1.54, 1.807) is 26.4 Å². The predicted molar refractivity (Wildman–Crippen MR) is 83.7 cm³/mol.